The topological polar surface area (TPSA) is 43.4 Å². The van der Waals surface area contributed by atoms with Crippen LogP contribution in [0.2, 0.25) is 0 Å². The maximum Gasteiger partial charge on any atom is 0.314 e. The summed E-state index contributed by atoms with van der Waals surface area (Å²) in [5.41, 5.74) is 0.360. The number of ether oxygens (including phenoxy) is 1. The van der Waals surface area contributed by atoms with E-state index in [9.17, 15) is 18.4 Å². The molecule has 0 amide bonds. The summed E-state index contributed by atoms with van der Waals surface area (Å²) in [7, 11) is 0. The van der Waals surface area contributed by atoms with Gasteiger partial charge in [0.25, 0.3) is 0 Å². The number of halogens is 2. The first-order valence-corrected chi connectivity index (χ1v) is 6.86. The second-order valence-corrected chi connectivity index (χ2v) is 5.18. The van der Waals surface area contributed by atoms with E-state index >= 15 is 0 Å². The molecule has 0 spiro atoms. The fourth-order valence-electron chi connectivity index (χ4n) is 2.00. The quantitative estimate of drug-likeness (QED) is 0.493. The summed E-state index contributed by atoms with van der Waals surface area (Å²) in [4.78, 5) is 23.7. The van der Waals surface area contributed by atoms with Crippen LogP contribution >= 0.6 is 0 Å². The van der Waals surface area contributed by atoms with Crippen molar-refractivity contribution in [2.45, 2.75) is 12.8 Å². The molecule has 1 aliphatic carbocycles. The molecule has 1 saturated carbocycles. The number of benzene rings is 2. The van der Waals surface area contributed by atoms with Crippen LogP contribution in [0.15, 0.2) is 42.5 Å². The number of carbonyl (C=O) groups is 2. The van der Waals surface area contributed by atoms with Crippen LogP contribution in [0.3, 0.4) is 0 Å². The van der Waals surface area contributed by atoms with Gasteiger partial charge in [-0.25, -0.2) is 8.78 Å². The Morgan fingerprint density at radius 1 is 0.909 bits per heavy atom. The molecule has 0 heterocycles. The minimum Gasteiger partial charge on any atom is -0.426 e. The molecular weight excluding hydrogens is 290 g/mol. The number of hydrogen-bond acceptors (Lipinski definition) is 3. The Hall–Kier alpha value is -2.56. The third-order valence-corrected chi connectivity index (χ3v) is 3.43. The van der Waals surface area contributed by atoms with Gasteiger partial charge in [0.1, 0.15) is 5.75 Å². The van der Waals surface area contributed by atoms with Gasteiger partial charge in [0.2, 0.25) is 0 Å². The molecule has 5 heteroatoms. The Kier molecular flexibility index (Phi) is 3.71. The first-order chi connectivity index (χ1) is 10.5. The summed E-state index contributed by atoms with van der Waals surface area (Å²) in [5, 5.41) is 0. The van der Waals surface area contributed by atoms with Gasteiger partial charge >= 0.3 is 5.97 Å². The van der Waals surface area contributed by atoms with Gasteiger partial charge in [0.15, 0.2) is 17.4 Å². The minimum atomic E-state index is -1.07. The average molecular weight is 302 g/mol. The van der Waals surface area contributed by atoms with Crippen LogP contribution in [0.25, 0.3) is 0 Å². The Labute approximate surface area is 125 Å². The van der Waals surface area contributed by atoms with E-state index in [1.807, 2.05) is 0 Å². The van der Waals surface area contributed by atoms with E-state index in [1.165, 1.54) is 30.3 Å². The summed E-state index contributed by atoms with van der Waals surface area (Å²) < 4.78 is 31.2. The zero-order chi connectivity index (χ0) is 15.7. The van der Waals surface area contributed by atoms with E-state index in [-0.39, 0.29) is 17.5 Å². The molecule has 0 saturated heterocycles. The van der Waals surface area contributed by atoms with Gasteiger partial charge in [-0.2, -0.15) is 0 Å². The summed E-state index contributed by atoms with van der Waals surface area (Å²) in [6, 6.07) is 8.98. The zero-order valence-corrected chi connectivity index (χ0v) is 11.5. The lowest BCUT2D eigenvalue weighted by Crippen LogP contribution is -2.10. The van der Waals surface area contributed by atoms with E-state index in [0.717, 1.165) is 25.0 Å². The molecule has 112 valence electrons. The predicted molar refractivity (Wildman–Crippen MR) is 74.6 cm³/mol. The van der Waals surface area contributed by atoms with Crippen LogP contribution in [0.1, 0.15) is 28.8 Å². The molecule has 1 aliphatic rings. The van der Waals surface area contributed by atoms with Crippen molar-refractivity contribution in [3.05, 3.63) is 65.2 Å². The standard InChI is InChI=1S/C17H12F2O3/c18-14-8-5-12(9-15(14)19)16(20)10-3-6-13(7-4-10)22-17(21)11-1-2-11/h3-9,11H,1-2H2. The van der Waals surface area contributed by atoms with Crippen molar-refractivity contribution in [1.29, 1.82) is 0 Å². The van der Waals surface area contributed by atoms with Gasteiger partial charge in [-0.05, 0) is 55.3 Å². The molecular formula is C17H12F2O3. The minimum absolute atomic E-state index is 0.0106. The fourth-order valence-corrected chi connectivity index (χ4v) is 2.00. The second kappa shape index (κ2) is 5.67. The van der Waals surface area contributed by atoms with Crippen molar-refractivity contribution < 1.29 is 23.1 Å². The number of carbonyl (C=O) groups excluding carboxylic acids is 2. The van der Waals surface area contributed by atoms with Crippen LogP contribution in [0.5, 0.6) is 5.75 Å². The highest BCUT2D eigenvalue weighted by Gasteiger charge is 2.31. The number of ketones is 1. The average Bonchev–Trinajstić information content (AvgIpc) is 3.35. The van der Waals surface area contributed by atoms with Crippen molar-refractivity contribution in [3.63, 3.8) is 0 Å². The summed E-state index contributed by atoms with van der Waals surface area (Å²) in [5.74, 6) is -2.42. The molecule has 0 unspecified atom stereocenters. The van der Waals surface area contributed by atoms with Crippen molar-refractivity contribution in [3.8, 4) is 5.75 Å². The number of rotatable bonds is 4. The molecule has 22 heavy (non-hydrogen) atoms. The van der Waals surface area contributed by atoms with E-state index in [0.29, 0.717) is 11.3 Å². The molecule has 0 radical (unpaired) electrons. The highest BCUT2D eigenvalue weighted by atomic mass is 19.2. The van der Waals surface area contributed by atoms with Crippen LogP contribution in [0.4, 0.5) is 8.78 Å². The summed E-state index contributed by atoms with van der Waals surface area (Å²) in [6.07, 6.45) is 1.71. The summed E-state index contributed by atoms with van der Waals surface area (Å²) >= 11 is 0. The smallest absolute Gasteiger partial charge is 0.314 e. The molecule has 2 aromatic rings. The fraction of sp³-hybridized carbons (Fsp3) is 0.176. The monoisotopic (exact) mass is 302 g/mol. The van der Waals surface area contributed by atoms with Crippen LogP contribution in [-0.2, 0) is 4.79 Å². The van der Waals surface area contributed by atoms with Gasteiger partial charge in [0, 0.05) is 11.1 Å². The van der Waals surface area contributed by atoms with E-state index in [2.05, 4.69) is 0 Å². The SMILES string of the molecule is O=C(c1ccc(OC(=O)C2CC2)cc1)c1ccc(F)c(F)c1. The molecule has 3 nitrogen and oxygen atoms in total. The summed E-state index contributed by atoms with van der Waals surface area (Å²) in [6.45, 7) is 0. The highest BCUT2D eigenvalue weighted by Crippen LogP contribution is 2.30. The van der Waals surface area contributed by atoms with Gasteiger partial charge in [-0.3, -0.25) is 9.59 Å². The van der Waals surface area contributed by atoms with E-state index < -0.39 is 17.4 Å². The lowest BCUT2D eigenvalue weighted by molar-refractivity contribution is -0.135. The Morgan fingerprint density at radius 3 is 2.14 bits per heavy atom. The number of esters is 1. The van der Waals surface area contributed by atoms with Gasteiger partial charge in [-0.1, -0.05) is 0 Å². The molecule has 3 rings (SSSR count). The van der Waals surface area contributed by atoms with E-state index in [1.54, 1.807) is 0 Å². The third-order valence-electron chi connectivity index (χ3n) is 3.43. The van der Waals surface area contributed by atoms with Crippen LogP contribution in [0, 0.1) is 17.6 Å². The molecule has 2 aromatic carbocycles. The van der Waals surface area contributed by atoms with Crippen molar-refractivity contribution in [1.82, 2.24) is 0 Å². The lowest BCUT2D eigenvalue weighted by atomic mass is 10.0. The largest absolute Gasteiger partial charge is 0.426 e. The maximum absolute atomic E-state index is 13.2. The van der Waals surface area contributed by atoms with Gasteiger partial charge in [-0.15, -0.1) is 0 Å². The predicted octanol–water partition coefficient (Wildman–Crippen LogP) is 3.51. The maximum atomic E-state index is 13.2. The Balaban J connectivity index is 1.75. The zero-order valence-electron chi connectivity index (χ0n) is 11.5. The van der Waals surface area contributed by atoms with E-state index in [4.69, 9.17) is 4.74 Å². The molecule has 0 N–H and O–H groups in total. The molecule has 0 aliphatic heterocycles. The molecule has 1 fully saturated rings. The molecule has 0 aromatic heterocycles. The van der Waals surface area contributed by atoms with Gasteiger partial charge in [0.05, 0.1) is 5.92 Å². The third kappa shape index (κ3) is 3.03. The van der Waals surface area contributed by atoms with Crippen LogP contribution < -0.4 is 4.74 Å². The van der Waals surface area contributed by atoms with Gasteiger partial charge < -0.3 is 4.74 Å². The van der Waals surface area contributed by atoms with Crippen LogP contribution in [-0.4, -0.2) is 11.8 Å². The first-order valence-electron chi connectivity index (χ1n) is 6.86. The highest BCUT2D eigenvalue weighted by molar-refractivity contribution is 6.09. The number of hydrogen-bond donors (Lipinski definition) is 0. The molecule has 0 atom stereocenters. The normalized spacial score (nSPS) is 13.7. The molecule has 0 bridgehead atoms. The second-order valence-electron chi connectivity index (χ2n) is 5.18. The van der Waals surface area contributed by atoms with Crippen molar-refractivity contribution in [2.24, 2.45) is 5.92 Å². The Morgan fingerprint density at radius 2 is 1.55 bits per heavy atom. The van der Waals surface area contributed by atoms with Crippen molar-refractivity contribution >= 4 is 11.8 Å². The van der Waals surface area contributed by atoms with Crippen molar-refractivity contribution in [2.75, 3.05) is 0 Å². The first kappa shape index (κ1) is 14.4. The lowest BCUT2D eigenvalue weighted by Gasteiger charge is -2.05. The Bertz CT molecular complexity index is 734.